The first-order chi connectivity index (χ1) is 13.2. The molecule has 0 atom stereocenters. The van der Waals surface area contributed by atoms with Crippen molar-refractivity contribution >= 4 is 17.7 Å². The lowest BCUT2D eigenvalue weighted by atomic mass is 10.2. The van der Waals surface area contributed by atoms with E-state index in [2.05, 4.69) is 20.7 Å². The van der Waals surface area contributed by atoms with Crippen LogP contribution in [-0.2, 0) is 11.3 Å². The Morgan fingerprint density at radius 1 is 1.15 bits per heavy atom. The van der Waals surface area contributed by atoms with Crippen molar-refractivity contribution in [2.24, 2.45) is 0 Å². The van der Waals surface area contributed by atoms with Crippen LogP contribution in [0.2, 0.25) is 0 Å². The highest BCUT2D eigenvalue weighted by molar-refractivity contribution is 5.92. The predicted molar refractivity (Wildman–Crippen MR) is 99.6 cm³/mol. The van der Waals surface area contributed by atoms with Crippen LogP contribution in [0, 0.1) is 0 Å². The molecule has 2 heterocycles. The molecule has 138 valence electrons. The highest BCUT2D eigenvalue weighted by Crippen LogP contribution is 2.11. The number of hydrogen-bond donors (Lipinski definition) is 2. The summed E-state index contributed by atoms with van der Waals surface area (Å²) in [6.07, 6.45) is 5.14. The van der Waals surface area contributed by atoms with Crippen LogP contribution in [0.15, 0.2) is 61.1 Å². The molecule has 27 heavy (non-hydrogen) atoms. The van der Waals surface area contributed by atoms with Crippen molar-refractivity contribution in [1.29, 1.82) is 0 Å². The minimum Gasteiger partial charge on any atom is -0.462 e. The minimum absolute atomic E-state index is 0.318. The molecule has 0 saturated heterocycles. The standard InChI is InChI=1S/C19H19N5O3/c1-2-27-18(25)15-4-6-16(7-5-15)23-19(26)21-13-14-8-10-20-17(12-14)24-11-3-9-22-24/h3-12H,2,13H2,1H3,(H2,21,23,26). The molecule has 8 heteroatoms. The molecule has 8 nitrogen and oxygen atoms in total. The molecule has 0 fully saturated rings. The van der Waals surface area contributed by atoms with Crippen LogP contribution in [0.5, 0.6) is 0 Å². The van der Waals surface area contributed by atoms with Crippen LogP contribution >= 0.6 is 0 Å². The summed E-state index contributed by atoms with van der Waals surface area (Å²) in [5.41, 5.74) is 1.90. The monoisotopic (exact) mass is 365 g/mol. The van der Waals surface area contributed by atoms with Crippen LogP contribution < -0.4 is 10.6 Å². The number of anilines is 1. The Morgan fingerprint density at radius 3 is 2.67 bits per heavy atom. The van der Waals surface area contributed by atoms with Crippen molar-refractivity contribution in [3.63, 3.8) is 0 Å². The van der Waals surface area contributed by atoms with Crippen LogP contribution in [-0.4, -0.2) is 33.4 Å². The lowest BCUT2D eigenvalue weighted by Crippen LogP contribution is -2.28. The number of nitrogens with one attached hydrogen (secondary N) is 2. The van der Waals surface area contributed by atoms with Gasteiger partial charge in [-0.2, -0.15) is 5.10 Å². The first kappa shape index (κ1) is 18.1. The molecule has 2 amide bonds. The quantitative estimate of drug-likeness (QED) is 0.655. The molecule has 0 aliphatic carbocycles. The summed E-state index contributed by atoms with van der Waals surface area (Å²) in [6, 6.07) is 11.6. The van der Waals surface area contributed by atoms with Gasteiger partial charge in [-0.25, -0.2) is 19.3 Å². The number of aromatic nitrogens is 3. The van der Waals surface area contributed by atoms with Gasteiger partial charge in [0.1, 0.15) is 0 Å². The minimum atomic E-state index is -0.390. The van der Waals surface area contributed by atoms with Crippen molar-refractivity contribution in [1.82, 2.24) is 20.1 Å². The second-order valence-corrected chi connectivity index (χ2v) is 5.58. The third-order valence-corrected chi connectivity index (χ3v) is 3.66. The summed E-state index contributed by atoms with van der Waals surface area (Å²) in [5.74, 6) is 0.286. The normalized spacial score (nSPS) is 10.3. The Labute approximate surface area is 156 Å². The smallest absolute Gasteiger partial charge is 0.338 e. The first-order valence-corrected chi connectivity index (χ1v) is 8.42. The second-order valence-electron chi connectivity index (χ2n) is 5.58. The summed E-state index contributed by atoms with van der Waals surface area (Å²) in [6.45, 7) is 2.40. The third-order valence-electron chi connectivity index (χ3n) is 3.66. The number of carbonyl (C=O) groups is 2. The van der Waals surface area contributed by atoms with Gasteiger partial charge in [0, 0.05) is 30.8 Å². The van der Waals surface area contributed by atoms with Gasteiger partial charge in [0.05, 0.1) is 12.2 Å². The van der Waals surface area contributed by atoms with E-state index in [9.17, 15) is 9.59 Å². The maximum absolute atomic E-state index is 12.1. The average molecular weight is 365 g/mol. The van der Waals surface area contributed by atoms with E-state index in [4.69, 9.17) is 4.74 Å². The summed E-state index contributed by atoms with van der Waals surface area (Å²) in [4.78, 5) is 27.9. The summed E-state index contributed by atoms with van der Waals surface area (Å²) in [7, 11) is 0. The fraction of sp³-hybridized carbons (Fsp3) is 0.158. The van der Waals surface area contributed by atoms with E-state index < -0.39 is 0 Å². The Morgan fingerprint density at radius 2 is 1.96 bits per heavy atom. The lowest BCUT2D eigenvalue weighted by Gasteiger charge is -2.09. The molecule has 3 aromatic rings. The summed E-state index contributed by atoms with van der Waals surface area (Å²) >= 11 is 0. The van der Waals surface area contributed by atoms with Gasteiger partial charge in [-0.3, -0.25) is 0 Å². The Balaban J connectivity index is 1.54. The number of nitrogens with zero attached hydrogens (tertiary/aromatic N) is 3. The Bertz CT molecular complexity index is 907. The van der Waals surface area contributed by atoms with E-state index in [1.54, 1.807) is 54.5 Å². The molecule has 0 spiro atoms. The first-order valence-electron chi connectivity index (χ1n) is 8.42. The highest BCUT2D eigenvalue weighted by atomic mass is 16.5. The second kappa shape index (κ2) is 8.61. The van der Waals surface area contributed by atoms with Crippen molar-refractivity contribution in [2.75, 3.05) is 11.9 Å². The zero-order valence-electron chi connectivity index (χ0n) is 14.8. The molecule has 2 aromatic heterocycles. The predicted octanol–water partition coefficient (Wildman–Crippen LogP) is 2.77. The summed E-state index contributed by atoms with van der Waals surface area (Å²) < 4.78 is 6.57. The number of urea groups is 1. The molecule has 0 saturated carbocycles. The van der Waals surface area contributed by atoms with E-state index in [-0.39, 0.29) is 12.0 Å². The molecular formula is C19H19N5O3. The van der Waals surface area contributed by atoms with Gasteiger partial charge >= 0.3 is 12.0 Å². The topological polar surface area (TPSA) is 98.1 Å². The number of ether oxygens (including phenoxy) is 1. The van der Waals surface area contributed by atoms with E-state index in [0.29, 0.717) is 30.2 Å². The number of amides is 2. The van der Waals surface area contributed by atoms with E-state index >= 15 is 0 Å². The van der Waals surface area contributed by atoms with Crippen molar-refractivity contribution in [2.45, 2.75) is 13.5 Å². The van der Waals surface area contributed by atoms with Gasteiger partial charge in [-0.05, 0) is 55.0 Å². The van der Waals surface area contributed by atoms with Crippen molar-refractivity contribution < 1.29 is 14.3 Å². The Kier molecular flexibility index (Phi) is 5.78. The van der Waals surface area contributed by atoms with Gasteiger partial charge in [0.2, 0.25) is 0 Å². The SMILES string of the molecule is CCOC(=O)c1ccc(NC(=O)NCc2ccnc(-n3cccn3)c2)cc1. The number of pyridine rings is 1. The Hall–Kier alpha value is -3.68. The molecule has 3 rings (SSSR count). The number of rotatable bonds is 6. The zero-order chi connectivity index (χ0) is 19.1. The highest BCUT2D eigenvalue weighted by Gasteiger charge is 2.07. The molecule has 1 aromatic carbocycles. The largest absolute Gasteiger partial charge is 0.462 e. The number of carbonyl (C=O) groups excluding carboxylic acids is 2. The molecule has 0 unspecified atom stereocenters. The van der Waals surface area contributed by atoms with Crippen LogP contribution in [0.4, 0.5) is 10.5 Å². The van der Waals surface area contributed by atoms with Crippen LogP contribution in [0.1, 0.15) is 22.8 Å². The zero-order valence-corrected chi connectivity index (χ0v) is 14.8. The molecular weight excluding hydrogens is 346 g/mol. The fourth-order valence-electron chi connectivity index (χ4n) is 2.36. The third kappa shape index (κ3) is 4.91. The van der Waals surface area contributed by atoms with Crippen molar-refractivity contribution in [3.05, 3.63) is 72.2 Å². The van der Waals surface area contributed by atoms with E-state index in [1.165, 1.54) is 0 Å². The number of hydrogen-bond acceptors (Lipinski definition) is 5. The number of benzene rings is 1. The molecule has 0 aliphatic heterocycles. The molecule has 2 N–H and O–H groups in total. The van der Waals surface area contributed by atoms with Gasteiger partial charge in [-0.15, -0.1) is 0 Å². The van der Waals surface area contributed by atoms with Gasteiger partial charge in [0.25, 0.3) is 0 Å². The molecule has 0 radical (unpaired) electrons. The maximum atomic E-state index is 12.1. The lowest BCUT2D eigenvalue weighted by molar-refractivity contribution is 0.0526. The van der Waals surface area contributed by atoms with E-state index in [1.807, 2.05) is 18.2 Å². The summed E-state index contributed by atoms with van der Waals surface area (Å²) in [5, 5.41) is 9.63. The molecule has 0 aliphatic rings. The van der Waals surface area contributed by atoms with Gasteiger partial charge in [0.15, 0.2) is 5.82 Å². The van der Waals surface area contributed by atoms with Gasteiger partial charge < -0.3 is 15.4 Å². The fourth-order valence-corrected chi connectivity index (χ4v) is 2.36. The number of esters is 1. The average Bonchev–Trinajstić information content (AvgIpc) is 3.22. The maximum Gasteiger partial charge on any atom is 0.338 e. The van der Waals surface area contributed by atoms with Crippen LogP contribution in [0.25, 0.3) is 5.82 Å². The van der Waals surface area contributed by atoms with Crippen LogP contribution in [0.3, 0.4) is 0 Å². The van der Waals surface area contributed by atoms with E-state index in [0.717, 1.165) is 5.56 Å². The van der Waals surface area contributed by atoms with Crippen molar-refractivity contribution in [3.8, 4) is 5.82 Å². The molecule has 0 bridgehead atoms. The van der Waals surface area contributed by atoms with Gasteiger partial charge in [-0.1, -0.05) is 0 Å².